The van der Waals surface area contributed by atoms with Gasteiger partial charge in [-0.3, -0.25) is 0 Å². The predicted molar refractivity (Wildman–Crippen MR) is 200 cm³/mol. The maximum atomic E-state index is 13.0. The van der Waals surface area contributed by atoms with Gasteiger partial charge in [0.05, 0.1) is 0 Å². The number of ether oxygens (including phenoxy) is 1. The van der Waals surface area contributed by atoms with Gasteiger partial charge in [0.2, 0.25) is 0 Å². The van der Waals surface area contributed by atoms with Crippen LogP contribution in [0, 0.1) is 45.8 Å². The van der Waals surface area contributed by atoms with E-state index in [0.717, 1.165) is 54.4 Å². The van der Waals surface area contributed by atoms with Gasteiger partial charge in [0.15, 0.2) is 0 Å². The molecule has 3 fully saturated rings. The van der Waals surface area contributed by atoms with Gasteiger partial charge >= 0.3 is 5.97 Å². The lowest BCUT2D eigenvalue weighted by Gasteiger charge is -2.58. The van der Waals surface area contributed by atoms with Crippen LogP contribution in [0.4, 0.5) is 0 Å². The highest BCUT2D eigenvalue weighted by Crippen LogP contribution is 2.67. The quantitative estimate of drug-likeness (QED) is 0.103. The Morgan fingerprint density at radius 2 is 1.77 bits per heavy atom. The van der Waals surface area contributed by atoms with Crippen molar-refractivity contribution in [2.75, 3.05) is 0 Å². The Morgan fingerprint density at radius 1 is 0.979 bits per heavy atom. The molecular formula is C45H68O2. The summed E-state index contributed by atoms with van der Waals surface area (Å²) in [5, 5.41) is 0. The molecule has 0 N–H and O–H groups in total. The molecule has 3 saturated carbocycles. The first-order chi connectivity index (χ1) is 22.2. The molecule has 4 unspecified atom stereocenters. The Kier molecular flexibility index (Phi) is 11.4. The molecule has 0 saturated heterocycles. The monoisotopic (exact) mass is 641 g/mol. The summed E-state index contributed by atoms with van der Waals surface area (Å²) in [4.78, 5) is 13.0. The van der Waals surface area contributed by atoms with E-state index in [1.54, 1.807) is 11.6 Å². The molecule has 0 radical (unpaired) electrons. The summed E-state index contributed by atoms with van der Waals surface area (Å²) < 4.78 is 6.09. The molecule has 7 atom stereocenters. The van der Waals surface area contributed by atoms with Gasteiger partial charge in [-0.2, -0.15) is 0 Å². The van der Waals surface area contributed by atoms with Crippen molar-refractivity contribution in [3.8, 4) is 0 Å². The highest BCUT2D eigenvalue weighted by Gasteiger charge is 2.58. The average Bonchev–Trinajstić information content (AvgIpc) is 3.32. The summed E-state index contributed by atoms with van der Waals surface area (Å²) in [7, 11) is 0. The van der Waals surface area contributed by atoms with E-state index in [9.17, 15) is 4.79 Å². The van der Waals surface area contributed by atoms with E-state index < -0.39 is 0 Å². The number of allylic oxidation sites excluding steroid dienone is 10. The number of rotatable bonds is 10. The highest BCUT2D eigenvalue weighted by molar-refractivity contribution is 5.83. The largest absolute Gasteiger partial charge is 0.459 e. The van der Waals surface area contributed by atoms with Crippen LogP contribution in [0.5, 0.6) is 0 Å². The van der Waals surface area contributed by atoms with Gasteiger partial charge < -0.3 is 4.74 Å². The number of esters is 1. The molecule has 0 amide bonds. The van der Waals surface area contributed by atoms with Crippen LogP contribution >= 0.6 is 0 Å². The van der Waals surface area contributed by atoms with Crippen molar-refractivity contribution in [2.24, 2.45) is 45.8 Å². The highest BCUT2D eigenvalue weighted by atomic mass is 16.5. The number of carbonyl (C=O) groups is 1. The minimum atomic E-state index is -0.194. The SMILES string of the molecule is CC1=C(/C=C/C(C)=C/C=C/C(C)=C/C(=O)O[C@H]2CC[C@@]3(C)C(=CCC4C5CCC(CCCC(C)C)[C@@]5(C)CCC43)C2)C(C)(C)CCC1. The van der Waals surface area contributed by atoms with Gasteiger partial charge in [0.25, 0.3) is 0 Å². The van der Waals surface area contributed by atoms with Gasteiger partial charge in [-0.15, -0.1) is 0 Å². The molecule has 2 nitrogen and oxygen atoms in total. The van der Waals surface area contributed by atoms with Crippen LogP contribution in [-0.4, -0.2) is 12.1 Å². The Labute approximate surface area is 289 Å². The lowest BCUT2D eigenvalue weighted by atomic mass is 9.47. The fraction of sp³-hybridized carbons (Fsp3) is 0.711. The zero-order valence-electron chi connectivity index (χ0n) is 31.7. The Bertz CT molecular complexity index is 1330. The zero-order valence-corrected chi connectivity index (χ0v) is 31.7. The van der Waals surface area contributed by atoms with Crippen molar-refractivity contribution in [3.63, 3.8) is 0 Å². The second kappa shape index (κ2) is 14.8. The summed E-state index contributed by atoms with van der Waals surface area (Å²) in [6, 6.07) is 0. The fourth-order valence-corrected chi connectivity index (χ4v) is 11.1. The number of hydrogen-bond donors (Lipinski definition) is 0. The van der Waals surface area contributed by atoms with E-state index in [-0.39, 0.29) is 22.9 Å². The van der Waals surface area contributed by atoms with Crippen molar-refractivity contribution >= 4 is 5.97 Å². The third-order valence-electron chi connectivity index (χ3n) is 14.0. The molecular weight excluding hydrogens is 572 g/mol. The lowest BCUT2D eigenvalue weighted by Crippen LogP contribution is -2.50. The van der Waals surface area contributed by atoms with Gasteiger partial charge in [-0.05, 0) is 148 Å². The lowest BCUT2D eigenvalue weighted by molar-refractivity contribution is -0.145. The van der Waals surface area contributed by atoms with E-state index in [1.807, 2.05) is 13.0 Å². The molecule has 0 aliphatic heterocycles. The molecule has 47 heavy (non-hydrogen) atoms. The van der Waals surface area contributed by atoms with E-state index in [0.29, 0.717) is 5.41 Å². The van der Waals surface area contributed by atoms with E-state index >= 15 is 0 Å². The molecule has 5 aliphatic carbocycles. The predicted octanol–water partition coefficient (Wildman–Crippen LogP) is 12.8. The van der Waals surface area contributed by atoms with E-state index in [2.05, 4.69) is 85.8 Å². The fourth-order valence-electron chi connectivity index (χ4n) is 11.1. The van der Waals surface area contributed by atoms with Gasteiger partial charge in [0, 0.05) is 12.5 Å². The molecule has 2 heteroatoms. The van der Waals surface area contributed by atoms with Crippen LogP contribution in [0.25, 0.3) is 0 Å². The maximum Gasteiger partial charge on any atom is 0.331 e. The molecule has 0 aromatic carbocycles. The van der Waals surface area contributed by atoms with Crippen LogP contribution in [0.2, 0.25) is 0 Å². The summed E-state index contributed by atoms with van der Waals surface area (Å²) in [5.74, 6) is 4.13. The van der Waals surface area contributed by atoms with E-state index in [1.165, 1.54) is 87.3 Å². The smallest absolute Gasteiger partial charge is 0.331 e. The molecule has 0 spiro atoms. The minimum Gasteiger partial charge on any atom is -0.459 e. The number of fused-ring (bicyclic) bond motifs is 5. The molecule has 0 aromatic rings. The maximum absolute atomic E-state index is 13.0. The molecule has 0 heterocycles. The Hall–Kier alpha value is -2.09. The first-order valence-electron chi connectivity index (χ1n) is 19.5. The van der Waals surface area contributed by atoms with Crippen LogP contribution in [0.3, 0.4) is 0 Å². The van der Waals surface area contributed by atoms with Crippen LogP contribution in [0.1, 0.15) is 152 Å². The zero-order chi connectivity index (χ0) is 34.0. The van der Waals surface area contributed by atoms with Crippen LogP contribution in [-0.2, 0) is 9.53 Å². The average molecular weight is 641 g/mol. The summed E-state index contributed by atoms with van der Waals surface area (Å²) in [6.45, 7) is 21.1. The van der Waals surface area contributed by atoms with E-state index in [4.69, 9.17) is 4.74 Å². The summed E-state index contributed by atoms with van der Waals surface area (Å²) in [6.07, 6.45) is 33.1. The number of carbonyl (C=O) groups excluding carboxylic acids is 1. The second-order valence-electron chi connectivity index (χ2n) is 18.1. The summed E-state index contributed by atoms with van der Waals surface area (Å²) >= 11 is 0. The van der Waals surface area contributed by atoms with Gasteiger partial charge in [-0.1, -0.05) is 108 Å². The molecule has 0 bridgehead atoms. The normalized spacial score (nSPS) is 36.0. The van der Waals surface area contributed by atoms with Crippen molar-refractivity contribution in [1.82, 2.24) is 0 Å². The van der Waals surface area contributed by atoms with Crippen molar-refractivity contribution in [2.45, 2.75) is 158 Å². The standard InChI is InChI=1S/C45H68O2/c1-31(2)13-10-17-35-20-23-40-38-21-19-36-30-37(24-27-45(36,9)41(38)25-28-44(35,40)8)47-42(46)29-33(4)15-11-14-32(3)18-22-39-34(5)16-12-26-43(39,6)7/h11,14-15,18-19,22,29,31,35,37-38,40-41H,10,12-13,16-17,20-21,23-28,30H2,1-9H3/b15-11+,22-18+,32-14+,33-29+/t35?,37-,38?,40?,41?,44+,45-/m0/s1. The number of hydrogen-bond acceptors (Lipinski definition) is 2. The first-order valence-corrected chi connectivity index (χ1v) is 19.5. The topological polar surface area (TPSA) is 26.3 Å². The van der Waals surface area contributed by atoms with Crippen LogP contribution < -0.4 is 0 Å². The second-order valence-corrected chi connectivity index (χ2v) is 18.1. The first kappa shape index (κ1) is 36.2. The Balaban J connectivity index is 1.14. The summed E-state index contributed by atoms with van der Waals surface area (Å²) in [5.41, 5.74) is 7.85. The molecule has 260 valence electrons. The van der Waals surface area contributed by atoms with Gasteiger partial charge in [0.1, 0.15) is 6.10 Å². The Morgan fingerprint density at radius 3 is 2.51 bits per heavy atom. The van der Waals surface area contributed by atoms with Crippen molar-refractivity contribution in [3.05, 3.63) is 70.4 Å². The third kappa shape index (κ3) is 8.05. The van der Waals surface area contributed by atoms with Crippen molar-refractivity contribution < 1.29 is 9.53 Å². The van der Waals surface area contributed by atoms with Crippen LogP contribution in [0.15, 0.2) is 70.4 Å². The van der Waals surface area contributed by atoms with Crippen molar-refractivity contribution in [1.29, 1.82) is 0 Å². The molecule has 5 aliphatic rings. The van der Waals surface area contributed by atoms with Gasteiger partial charge in [-0.25, -0.2) is 4.79 Å². The molecule has 0 aromatic heterocycles. The third-order valence-corrected chi connectivity index (χ3v) is 14.0. The molecule has 5 rings (SSSR count). The minimum absolute atomic E-state index is 0.00570.